The Kier molecular flexibility index (Phi) is 7.05. The first-order chi connectivity index (χ1) is 15.8. The zero-order valence-electron chi connectivity index (χ0n) is 20.1. The Balaban J connectivity index is 2.19. The highest BCUT2D eigenvalue weighted by molar-refractivity contribution is 5.93. The van der Waals surface area contributed by atoms with Gasteiger partial charge in [-0.05, 0) is 39.3 Å². The van der Waals surface area contributed by atoms with Crippen molar-refractivity contribution in [2.24, 2.45) is 0 Å². The van der Waals surface area contributed by atoms with Crippen molar-refractivity contribution in [1.82, 2.24) is 0 Å². The van der Waals surface area contributed by atoms with E-state index in [1.54, 1.807) is 27.7 Å². The summed E-state index contributed by atoms with van der Waals surface area (Å²) in [6.07, 6.45) is -0.387. The molecular formula is C24H30O10. The average Bonchev–Trinajstić information content (AvgIpc) is 3.11. The van der Waals surface area contributed by atoms with Gasteiger partial charge in [0.2, 0.25) is 5.79 Å². The van der Waals surface area contributed by atoms with Gasteiger partial charge in [0.25, 0.3) is 0 Å². The van der Waals surface area contributed by atoms with E-state index in [1.807, 2.05) is 0 Å². The molecule has 34 heavy (non-hydrogen) atoms. The van der Waals surface area contributed by atoms with E-state index in [-0.39, 0.29) is 30.6 Å². The zero-order chi connectivity index (χ0) is 25.4. The molecule has 5 unspecified atom stereocenters. The average molecular weight is 478 g/mol. The van der Waals surface area contributed by atoms with Crippen LogP contribution in [0.5, 0.6) is 0 Å². The van der Waals surface area contributed by atoms with Gasteiger partial charge in [-0.25, -0.2) is 9.59 Å². The lowest BCUT2D eigenvalue weighted by molar-refractivity contribution is -0.227. The molecule has 0 aromatic carbocycles. The molecule has 0 aromatic rings. The number of aliphatic hydroxyl groups is 1. The van der Waals surface area contributed by atoms with E-state index >= 15 is 0 Å². The van der Waals surface area contributed by atoms with Gasteiger partial charge >= 0.3 is 23.9 Å². The number of esters is 4. The summed E-state index contributed by atoms with van der Waals surface area (Å²) in [5.41, 5.74) is 0.115. The van der Waals surface area contributed by atoms with E-state index in [4.69, 9.17) is 23.7 Å². The van der Waals surface area contributed by atoms with Crippen LogP contribution < -0.4 is 0 Å². The highest BCUT2D eigenvalue weighted by Gasteiger charge is 2.59. The Labute approximate surface area is 197 Å². The Bertz CT molecular complexity index is 1000. The smallest absolute Gasteiger partial charge is 0.338 e. The SMILES string of the molecule is CC(=O)OCC1=C2C(OC(=O)C=C(C)C)C=C(C)C3(OC(C)=O)CC(O)C(C)(CC2OC1=O)O3. The predicted molar refractivity (Wildman–Crippen MR) is 116 cm³/mol. The van der Waals surface area contributed by atoms with Crippen molar-refractivity contribution < 1.29 is 48.0 Å². The third-order valence-corrected chi connectivity index (χ3v) is 6.03. The summed E-state index contributed by atoms with van der Waals surface area (Å²) in [5.74, 6) is -4.21. The van der Waals surface area contributed by atoms with Crippen LogP contribution in [0.25, 0.3) is 0 Å². The molecule has 1 saturated heterocycles. The van der Waals surface area contributed by atoms with Crippen molar-refractivity contribution in [1.29, 1.82) is 0 Å². The fourth-order valence-electron chi connectivity index (χ4n) is 4.45. The molecule has 0 spiro atoms. The first kappa shape index (κ1) is 25.6. The van der Waals surface area contributed by atoms with Gasteiger partial charge in [0.05, 0.1) is 11.7 Å². The van der Waals surface area contributed by atoms with Gasteiger partial charge in [-0.2, -0.15) is 0 Å². The van der Waals surface area contributed by atoms with Crippen LogP contribution in [0.15, 0.2) is 34.4 Å². The van der Waals surface area contributed by atoms with E-state index in [0.717, 1.165) is 0 Å². The van der Waals surface area contributed by atoms with Gasteiger partial charge in [-0.1, -0.05) is 5.57 Å². The number of fused-ring (bicyclic) bond motifs is 3. The zero-order valence-corrected chi connectivity index (χ0v) is 20.1. The van der Waals surface area contributed by atoms with Crippen LogP contribution in [0.4, 0.5) is 0 Å². The van der Waals surface area contributed by atoms with Crippen LogP contribution in [-0.2, 0) is 42.9 Å². The van der Waals surface area contributed by atoms with Crippen LogP contribution in [0.1, 0.15) is 54.4 Å². The van der Waals surface area contributed by atoms with Crippen molar-refractivity contribution in [2.45, 2.75) is 84.1 Å². The topological polar surface area (TPSA) is 135 Å². The molecule has 0 saturated carbocycles. The number of rotatable bonds is 5. The van der Waals surface area contributed by atoms with Gasteiger partial charge in [0.1, 0.15) is 24.4 Å². The van der Waals surface area contributed by atoms with E-state index in [2.05, 4.69) is 0 Å². The van der Waals surface area contributed by atoms with Crippen LogP contribution >= 0.6 is 0 Å². The highest BCUT2D eigenvalue weighted by Crippen LogP contribution is 2.49. The van der Waals surface area contributed by atoms with Crippen molar-refractivity contribution in [3.63, 3.8) is 0 Å². The van der Waals surface area contributed by atoms with Gasteiger partial charge in [0.15, 0.2) is 0 Å². The molecule has 3 heterocycles. The van der Waals surface area contributed by atoms with Crippen molar-refractivity contribution in [3.05, 3.63) is 34.4 Å². The normalized spacial score (nSPS) is 32.4. The monoisotopic (exact) mass is 478 g/mol. The second kappa shape index (κ2) is 9.34. The Morgan fingerprint density at radius 1 is 1.18 bits per heavy atom. The summed E-state index contributed by atoms with van der Waals surface area (Å²) in [6.45, 7) is 8.75. The molecule has 2 bridgehead atoms. The van der Waals surface area contributed by atoms with E-state index in [0.29, 0.717) is 11.1 Å². The second-order valence-electron chi connectivity index (χ2n) is 9.22. The molecule has 1 fully saturated rings. The maximum Gasteiger partial charge on any atom is 0.338 e. The maximum atomic E-state index is 12.7. The summed E-state index contributed by atoms with van der Waals surface area (Å²) in [6, 6.07) is 0. The second-order valence-corrected chi connectivity index (χ2v) is 9.22. The fourth-order valence-corrected chi connectivity index (χ4v) is 4.45. The third-order valence-electron chi connectivity index (χ3n) is 6.03. The first-order valence-corrected chi connectivity index (χ1v) is 11.0. The number of carbonyl (C=O) groups excluding carboxylic acids is 4. The number of ether oxygens (including phenoxy) is 5. The van der Waals surface area contributed by atoms with Gasteiger partial charge < -0.3 is 28.8 Å². The summed E-state index contributed by atoms with van der Waals surface area (Å²) >= 11 is 0. The van der Waals surface area contributed by atoms with E-state index in [1.165, 1.54) is 26.0 Å². The Morgan fingerprint density at radius 3 is 2.44 bits per heavy atom. The van der Waals surface area contributed by atoms with Crippen LogP contribution in [0, 0.1) is 0 Å². The largest absolute Gasteiger partial charge is 0.461 e. The van der Waals surface area contributed by atoms with Crippen LogP contribution in [0.2, 0.25) is 0 Å². The molecule has 3 rings (SSSR count). The Morgan fingerprint density at radius 2 is 1.85 bits per heavy atom. The van der Waals surface area contributed by atoms with Crippen LogP contribution in [-0.4, -0.2) is 65.3 Å². The highest BCUT2D eigenvalue weighted by atomic mass is 16.7. The molecule has 0 aliphatic carbocycles. The van der Waals surface area contributed by atoms with Gasteiger partial charge in [0, 0.05) is 38.3 Å². The standard InChI is InChI=1S/C24H30O10/c1-12(2)7-20(28)31-17-8-13(3)24(33-15(5)26)10-19(27)23(6,34-24)9-18-21(17)16(22(29)32-18)11-30-14(4)25/h7-8,17-19,27H,9-11H2,1-6H3. The molecule has 186 valence electrons. The number of aliphatic hydroxyl groups excluding tert-OH is 1. The number of hydrogen-bond acceptors (Lipinski definition) is 10. The fraction of sp³-hybridized carbons (Fsp3) is 0.583. The maximum absolute atomic E-state index is 12.7. The number of hydrogen-bond donors (Lipinski definition) is 1. The number of allylic oxidation sites excluding steroid dienone is 1. The van der Waals surface area contributed by atoms with E-state index in [9.17, 15) is 24.3 Å². The molecule has 0 aromatic heterocycles. The van der Waals surface area contributed by atoms with Crippen LogP contribution in [0.3, 0.4) is 0 Å². The molecule has 5 atom stereocenters. The van der Waals surface area contributed by atoms with E-state index < -0.39 is 53.6 Å². The van der Waals surface area contributed by atoms with Gasteiger partial charge in [-0.3, -0.25) is 9.59 Å². The molecule has 3 aliphatic heterocycles. The lowest BCUT2D eigenvalue weighted by atomic mass is 9.84. The van der Waals surface area contributed by atoms with Crippen molar-refractivity contribution in [2.75, 3.05) is 6.61 Å². The summed E-state index contributed by atoms with van der Waals surface area (Å²) in [5, 5.41) is 10.9. The predicted octanol–water partition coefficient (Wildman–Crippen LogP) is 1.80. The minimum absolute atomic E-state index is 0.0142. The molecular weight excluding hydrogens is 448 g/mol. The molecule has 10 nitrogen and oxygen atoms in total. The summed E-state index contributed by atoms with van der Waals surface area (Å²) in [4.78, 5) is 48.6. The lowest BCUT2D eigenvalue weighted by Gasteiger charge is -2.33. The minimum Gasteiger partial charge on any atom is -0.461 e. The first-order valence-electron chi connectivity index (χ1n) is 11.0. The molecule has 1 N–H and O–H groups in total. The molecule has 0 radical (unpaired) electrons. The van der Waals surface area contributed by atoms with Crippen molar-refractivity contribution >= 4 is 23.9 Å². The summed E-state index contributed by atoms with van der Waals surface area (Å²) in [7, 11) is 0. The Hall–Kier alpha value is -2.98. The lowest BCUT2D eigenvalue weighted by Crippen LogP contribution is -2.42. The molecule has 0 amide bonds. The quantitative estimate of drug-likeness (QED) is 0.270. The molecule has 10 heteroatoms. The third kappa shape index (κ3) is 5.07. The van der Waals surface area contributed by atoms with Crippen molar-refractivity contribution in [3.8, 4) is 0 Å². The van der Waals surface area contributed by atoms with Gasteiger partial charge in [-0.15, -0.1) is 0 Å². The number of carbonyl (C=O) groups is 4. The summed E-state index contributed by atoms with van der Waals surface area (Å²) < 4.78 is 28.0. The minimum atomic E-state index is -1.60. The molecule has 3 aliphatic rings.